The van der Waals surface area contributed by atoms with Gasteiger partial charge in [0.2, 0.25) is 23.6 Å². The van der Waals surface area contributed by atoms with Gasteiger partial charge in [0.25, 0.3) is 5.91 Å². The van der Waals surface area contributed by atoms with E-state index in [1.165, 1.54) is 0 Å². The Bertz CT molecular complexity index is 1970. The lowest BCUT2D eigenvalue weighted by Gasteiger charge is -2.18. The van der Waals surface area contributed by atoms with E-state index in [-0.39, 0.29) is 66.6 Å². The molecule has 3 N–H and O–H groups in total. The Morgan fingerprint density at radius 1 is 0.878 bits per heavy atom. The number of carbonyl (C=O) groups is 3. The number of fused-ring (bicyclic) bond motifs is 2. The van der Waals surface area contributed by atoms with Gasteiger partial charge < -0.3 is 34.9 Å². The lowest BCUT2D eigenvalue weighted by molar-refractivity contribution is -0.120. The molecule has 0 saturated carbocycles. The fourth-order valence-electron chi connectivity index (χ4n) is 5.83. The van der Waals surface area contributed by atoms with Gasteiger partial charge in [-0.2, -0.15) is 10.2 Å². The highest BCUT2D eigenvalue weighted by atomic mass is 16.5. The van der Waals surface area contributed by atoms with Crippen LogP contribution < -0.4 is 34.9 Å². The van der Waals surface area contributed by atoms with Crippen LogP contribution in [0.3, 0.4) is 0 Å². The molecule has 2 atom stereocenters. The van der Waals surface area contributed by atoms with Gasteiger partial charge in [-0.15, -0.1) is 0 Å². The Labute approximate surface area is 283 Å². The lowest BCUT2D eigenvalue weighted by Crippen LogP contribution is -2.31. The number of anilines is 1. The number of benzene rings is 2. The van der Waals surface area contributed by atoms with Crippen LogP contribution in [0.5, 0.6) is 23.3 Å². The van der Waals surface area contributed by atoms with Crippen molar-refractivity contribution in [2.75, 3.05) is 18.5 Å². The number of amides is 3. The summed E-state index contributed by atoms with van der Waals surface area (Å²) in [5.74, 6) is 0.971. The average Bonchev–Trinajstić information content (AvgIpc) is 3.68. The number of nitrogens with zero attached hydrogens (tertiary/aromatic N) is 3. The molecule has 2 aromatic heterocycles. The molecule has 4 aromatic rings. The van der Waals surface area contributed by atoms with E-state index in [0.717, 1.165) is 0 Å². The number of ether oxygens (including phenoxy) is 4. The van der Waals surface area contributed by atoms with E-state index >= 15 is 0 Å². The molecule has 3 amide bonds. The third-order valence-corrected chi connectivity index (χ3v) is 8.07. The largest absolute Gasteiger partial charge is 0.490 e. The lowest BCUT2D eigenvalue weighted by atomic mass is 10.1. The highest BCUT2D eigenvalue weighted by Gasteiger charge is 2.25. The first-order valence-corrected chi connectivity index (χ1v) is 16.4. The molecule has 0 aliphatic carbocycles. The van der Waals surface area contributed by atoms with E-state index in [1.807, 2.05) is 27.7 Å². The van der Waals surface area contributed by atoms with Crippen molar-refractivity contribution in [2.24, 2.45) is 0 Å². The smallest absolute Gasteiger partial charge is 0.260 e. The van der Waals surface area contributed by atoms with E-state index in [1.54, 1.807) is 42.6 Å². The number of aromatic nitrogens is 2. The number of hydrogen-bond donors (Lipinski definition) is 3. The molecule has 0 unspecified atom stereocenters. The maximum Gasteiger partial charge on any atom is 0.260 e. The van der Waals surface area contributed by atoms with Crippen molar-refractivity contribution in [1.82, 2.24) is 20.6 Å². The van der Waals surface area contributed by atoms with Crippen molar-refractivity contribution in [3.8, 4) is 29.3 Å². The van der Waals surface area contributed by atoms with E-state index < -0.39 is 5.91 Å². The normalized spacial score (nSPS) is 17.2. The summed E-state index contributed by atoms with van der Waals surface area (Å²) < 4.78 is 24.2. The minimum Gasteiger partial charge on any atom is -0.490 e. The van der Waals surface area contributed by atoms with Crippen molar-refractivity contribution >= 4 is 45.1 Å². The Balaban J connectivity index is 1.33. The topological polar surface area (TPSA) is 174 Å². The van der Waals surface area contributed by atoms with E-state index in [9.17, 15) is 19.6 Å². The van der Waals surface area contributed by atoms with Gasteiger partial charge in [-0.25, -0.2) is 4.98 Å². The Hall–Kier alpha value is -5.64. The molecule has 2 aliphatic heterocycles. The van der Waals surface area contributed by atoms with Gasteiger partial charge in [0.05, 0.1) is 35.4 Å². The van der Waals surface area contributed by atoms with E-state index in [2.05, 4.69) is 32.0 Å². The van der Waals surface area contributed by atoms with Crippen molar-refractivity contribution in [1.29, 1.82) is 5.26 Å². The molecule has 4 heterocycles. The standard InChI is InChI=1S/C36H38N6O7/c1-19(2)48-29-14-27-22(11-23(29)16-37)13-31(42-36(27)47-18-25-6-8-33(44)40-25)41-34(45)28-12-21-9-10-38-35(26(21)15-30(28)49-20(3)4)46-17-24-5-7-32(43)39-24/h9-15,19-20,24-25H,5-8,17-18H2,1-4H3,(H,39,43)(H,40,44)(H,41,42,45)/t24-,25-/m0/s1. The van der Waals surface area contributed by atoms with Gasteiger partial charge >= 0.3 is 0 Å². The summed E-state index contributed by atoms with van der Waals surface area (Å²) in [5, 5.41) is 21.1. The molecule has 13 heteroatoms. The van der Waals surface area contributed by atoms with Crippen LogP contribution in [0.25, 0.3) is 21.5 Å². The molecule has 2 aliphatic rings. The van der Waals surface area contributed by atoms with Gasteiger partial charge in [-0.1, -0.05) is 0 Å². The van der Waals surface area contributed by atoms with Crippen LogP contribution in [0.1, 0.15) is 69.3 Å². The first kappa shape index (κ1) is 33.3. The second-order valence-electron chi connectivity index (χ2n) is 12.7. The van der Waals surface area contributed by atoms with Crippen molar-refractivity contribution in [3.63, 3.8) is 0 Å². The molecule has 0 radical (unpaired) electrons. The third kappa shape index (κ3) is 7.75. The number of nitrogens with one attached hydrogen (secondary N) is 3. The van der Waals surface area contributed by atoms with Crippen LogP contribution in [0.15, 0.2) is 42.6 Å². The number of rotatable bonds is 12. The zero-order valence-electron chi connectivity index (χ0n) is 27.8. The van der Waals surface area contributed by atoms with Gasteiger partial charge in [-0.3, -0.25) is 14.4 Å². The van der Waals surface area contributed by atoms with Crippen LogP contribution in [0.2, 0.25) is 0 Å². The second-order valence-corrected chi connectivity index (χ2v) is 12.7. The van der Waals surface area contributed by atoms with Crippen LogP contribution in [-0.4, -0.2) is 65.2 Å². The Morgan fingerprint density at radius 2 is 1.49 bits per heavy atom. The second kappa shape index (κ2) is 14.2. The average molecular weight is 667 g/mol. The minimum atomic E-state index is -0.480. The van der Waals surface area contributed by atoms with Crippen molar-refractivity contribution < 1.29 is 33.3 Å². The molecule has 0 spiro atoms. The van der Waals surface area contributed by atoms with Gasteiger partial charge in [-0.05, 0) is 87.7 Å². The molecular weight excluding hydrogens is 628 g/mol. The van der Waals surface area contributed by atoms with Crippen molar-refractivity contribution in [3.05, 3.63) is 53.7 Å². The van der Waals surface area contributed by atoms with E-state index in [0.29, 0.717) is 70.2 Å². The number of hydrogen-bond acceptors (Lipinski definition) is 10. The van der Waals surface area contributed by atoms with E-state index in [4.69, 9.17) is 18.9 Å². The third-order valence-electron chi connectivity index (χ3n) is 8.07. The molecule has 254 valence electrons. The molecule has 2 saturated heterocycles. The molecule has 13 nitrogen and oxygen atoms in total. The Kier molecular flexibility index (Phi) is 9.66. The fraction of sp³-hybridized carbons (Fsp3) is 0.389. The molecule has 2 aromatic carbocycles. The quantitative estimate of drug-likeness (QED) is 0.191. The fourth-order valence-corrected chi connectivity index (χ4v) is 5.83. The van der Waals surface area contributed by atoms with Crippen molar-refractivity contribution in [2.45, 2.75) is 77.7 Å². The molecule has 49 heavy (non-hydrogen) atoms. The number of pyridine rings is 2. The summed E-state index contributed by atoms with van der Waals surface area (Å²) in [6, 6.07) is 12.2. The maximum atomic E-state index is 13.9. The predicted molar refractivity (Wildman–Crippen MR) is 181 cm³/mol. The van der Waals surface area contributed by atoms with Crippen LogP contribution >= 0.6 is 0 Å². The van der Waals surface area contributed by atoms with Crippen LogP contribution in [-0.2, 0) is 9.59 Å². The first-order valence-electron chi connectivity index (χ1n) is 16.4. The summed E-state index contributed by atoms with van der Waals surface area (Å²) in [4.78, 5) is 46.4. The monoisotopic (exact) mass is 666 g/mol. The van der Waals surface area contributed by atoms with Gasteiger partial charge in [0, 0.05) is 29.8 Å². The summed E-state index contributed by atoms with van der Waals surface area (Å²) in [7, 11) is 0. The molecule has 6 rings (SSSR count). The molecule has 2 fully saturated rings. The summed E-state index contributed by atoms with van der Waals surface area (Å²) in [5.41, 5.74) is 0.584. The zero-order chi connectivity index (χ0) is 34.7. The Morgan fingerprint density at radius 3 is 2.10 bits per heavy atom. The van der Waals surface area contributed by atoms with Gasteiger partial charge in [0.15, 0.2) is 0 Å². The minimum absolute atomic E-state index is 0.0000441. The van der Waals surface area contributed by atoms with Crippen LogP contribution in [0, 0.1) is 11.3 Å². The number of nitriles is 1. The highest BCUT2D eigenvalue weighted by Crippen LogP contribution is 2.35. The van der Waals surface area contributed by atoms with Gasteiger partial charge in [0.1, 0.15) is 36.6 Å². The zero-order valence-corrected chi connectivity index (χ0v) is 27.8. The highest BCUT2D eigenvalue weighted by molar-refractivity contribution is 6.09. The summed E-state index contributed by atoms with van der Waals surface area (Å²) in [6.07, 6.45) is 3.38. The van der Waals surface area contributed by atoms with Crippen LogP contribution in [0.4, 0.5) is 5.82 Å². The summed E-state index contributed by atoms with van der Waals surface area (Å²) in [6.45, 7) is 7.90. The SMILES string of the molecule is CC(C)Oc1cc2c(OC[C@@H]3CCC(=O)N3)nc(NC(=O)c3cc4ccnc(OC[C@@H]5CCC(=O)N5)c4cc3OC(C)C)cc2cc1C#N. The number of carbonyl (C=O) groups excluding carboxylic acids is 3. The summed E-state index contributed by atoms with van der Waals surface area (Å²) >= 11 is 0. The maximum absolute atomic E-state index is 13.9. The molecular formula is C36H38N6O7. The predicted octanol–water partition coefficient (Wildman–Crippen LogP) is 4.80. The first-order chi connectivity index (χ1) is 23.6. The molecule has 0 bridgehead atoms.